The molecule has 0 bridgehead atoms. The molecule has 2 fully saturated rings. The summed E-state index contributed by atoms with van der Waals surface area (Å²) in [7, 11) is 0. The maximum absolute atomic E-state index is 13.9. The quantitative estimate of drug-likeness (QED) is 0.415. The number of carbonyl (C=O) groups is 3. The van der Waals surface area contributed by atoms with Gasteiger partial charge in [-0.2, -0.15) is 0 Å². The van der Waals surface area contributed by atoms with E-state index in [0.717, 1.165) is 30.4 Å². The van der Waals surface area contributed by atoms with E-state index in [9.17, 15) is 14.4 Å². The average molecular weight is 506 g/mol. The molecule has 6 N–H and O–H groups in total. The minimum Gasteiger partial charge on any atom is -0.343 e. The molecule has 4 rings (SSSR count). The molecule has 2 heterocycles. The second-order valence-electron chi connectivity index (χ2n) is 10.2. The van der Waals surface area contributed by atoms with Gasteiger partial charge in [0.2, 0.25) is 17.7 Å². The zero-order valence-corrected chi connectivity index (χ0v) is 21.5. The largest absolute Gasteiger partial charge is 0.343 e. The first kappa shape index (κ1) is 26.8. The molecule has 2 saturated heterocycles. The highest BCUT2D eigenvalue weighted by Gasteiger charge is 2.47. The van der Waals surface area contributed by atoms with Crippen LogP contribution >= 0.6 is 0 Å². The van der Waals surface area contributed by atoms with Gasteiger partial charge in [0.25, 0.3) is 0 Å². The molecule has 8 nitrogen and oxygen atoms in total. The van der Waals surface area contributed by atoms with E-state index in [1.807, 2.05) is 67.6 Å². The number of hydrogen-bond acceptors (Lipinski definition) is 5. The summed E-state index contributed by atoms with van der Waals surface area (Å²) in [5.41, 5.74) is 13.8. The fourth-order valence-electron chi connectivity index (χ4n) is 5.73. The van der Waals surface area contributed by atoms with Gasteiger partial charge in [-0.1, -0.05) is 67.6 Å². The molecule has 37 heavy (non-hydrogen) atoms. The van der Waals surface area contributed by atoms with Crippen LogP contribution in [0.25, 0.3) is 0 Å². The van der Waals surface area contributed by atoms with Gasteiger partial charge in [-0.15, -0.1) is 0 Å². The molecule has 0 spiro atoms. The predicted octanol–water partition coefficient (Wildman–Crippen LogP) is 2.23. The van der Waals surface area contributed by atoms with Crippen LogP contribution in [-0.2, 0) is 14.4 Å². The molecule has 3 amide bonds. The van der Waals surface area contributed by atoms with E-state index >= 15 is 0 Å². The van der Waals surface area contributed by atoms with Crippen LogP contribution in [0.1, 0.15) is 62.6 Å². The standard InChI is InChI=1S/C29H39N5O3/c1-2-23(31)27(35)33-26-21(17-18-30)13-14-22-15-16-24(34(22)29(26)37)28(36)32-25(19-9-5-3-6-10-19)20-11-7-4-8-12-20/h3-12,21-26H,2,13-18,30-31H2,1H3,(H,32,36)(H,33,35). The zero-order chi connectivity index (χ0) is 26.4. The molecule has 8 heteroatoms. The van der Waals surface area contributed by atoms with Gasteiger partial charge in [0, 0.05) is 6.04 Å². The third kappa shape index (κ3) is 6.02. The van der Waals surface area contributed by atoms with Crippen molar-refractivity contribution < 1.29 is 14.4 Å². The summed E-state index contributed by atoms with van der Waals surface area (Å²) in [6, 6.07) is 17.3. The zero-order valence-electron chi connectivity index (χ0n) is 21.5. The number of rotatable bonds is 9. The number of amides is 3. The lowest BCUT2D eigenvalue weighted by Gasteiger charge is -2.33. The van der Waals surface area contributed by atoms with Gasteiger partial charge in [-0.3, -0.25) is 14.4 Å². The van der Waals surface area contributed by atoms with E-state index in [0.29, 0.717) is 25.8 Å². The van der Waals surface area contributed by atoms with E-state index in [1.165, 1.54) is 0 Å². The van der Waals surface area contributed by atoms with E-state index in [1.54, 1.807) is 4.90 Å². The highest BCUT2D eigenvalue weighted by atomic mass is 16.2. The SMILES string of the molecule is CCC(N)C(=O)NC1C(=O)N2C(CCC1CCN)CCC2C(=O)NC(c1ccccc1)c1ccccc1. The van der Waals surface area contributed by atoms with Crippen molar-refractivity contribution in [1.29, 1.82) is 0 Å². The van der Waals surface area contributed by atoms with Crippen molar-refractivity contribution in [1.82, 2.24) is 15.5 Å². The van der Waals surface area contributed by atoms with Crippen LogP contribution in [-0.4, -0.2) is 53.3 Å². The smallest absolute Gasteiger partial charge is 0.246 e. The Morgan fingerprint density at radius 1 is 0.973 bits per heavy atom. The second-order valence-corrected chi connectivity index (χ2v) is 10.2. The minimum atomic E-state index is -0.730. The van der Waals surface area contributed by atoms with Crippen molar-refractivity contribution in [2.45, 2.75) is 75.7 Å². The summed E-state index contributed by atoms with van der Waals surface area (Å²) < 4.78 is 0. The number of carbonyl (C=O) groups excluding carboxylic acids is 3. The molecular formula is C29H39N5O3. The van der Waals surface area contributed by atoms with E-state index in [4.69, 9.17) is 11.5 Å². The van der Waals surface area contributed by atoms with Gasteiger partial charge in [0.05, 0.1) is 12.1 Å². The Labute approximate surface area is 219 Å². The average Bonchev–Trinajstić information content (AvgIpc) is 3.32. The number of nitrogens with zero attached hydrogens (tertiary/aromatic N) is 1. The van der Waals surface area contributed by atoms with Crippen LogP contribution in [0.3, 0.4) is 0 Å². The lowest BCUT2D eigenvalue weighted by atomic mass is 9.90. The normalized spacial score (nSPS) is 24.3. The molecule has 0 aromatic heterocycles. The first-order valence-electron chi connectivity index (χ1n) is 13.4. The van der Waals surface area contributed by atoms with Crippen molar-refractivity contribution in [3.63, 3.8) is 0 Å². The highest BCUT2D eigenvalue weighted by Crippen LogP contribution is 2.35. The van der Waals surface area contributed by atoms with Gasteiger partial charge in [0.15, 0.2) is 0 Å². The number of hydrogen-bond donors (Lipinski definition) is 4. The Kier molecular flexibility index (Phi) is 8.95. The molecule has 5 atom stereocenters. The molecule has 2 aromatic rings. The summed E-state index contributed by atoms with van der Waals surface area (Å²) in [5, 5.41) is 6.14. The Morgan fingerprint density at radius 3 is 2.14 bits per heavy atom. The topological polar surface area (TPSA) is 131 Å². The Hall–Kier alpha value is -3.23. The molecule has 2 aliphatic rings. The Balaban J connectivity index is 1.58. The monoisotopic (exact) mass is 505 g/mol. The maximum Gasteiger partial charge on any atom is 0.246 e. The number of fused-ring (bicyclic) bond motifs is 1. The predicted molar refractivity (Wildman–Crippen MR) is 143 cm³/mol. The van der Waals surface area contributed by atoms with Crippen molar-refractivity contribution in [2.75, 3.05) is 6.54 Å². The van der Waals surface area contributed by atoms with Gasteiger partial charge in [0.1, 0.15) is 12.1 Å². The molecule has 5 unspecified atom stereocenters. The van der Waals surface area contributed by atoms with Gasteiger partial charge < -0.3 is 27.0 Å². The lowest BCUT2D eigenvalue weighted by Crippen LogP contribution is -2.58. The summed E-state index contributed by atoms with van der Waals surface area (Å²) in [5.74, 6) is -0.802. The number of nitrogens with two attached hydrogens (primary N) is 2. The molecular weight excluding hydrogens is 466 g/mol. The first-order chi connectivity index (χ1) is 17.9. The van der Waals surface area contributed by atoms with Crippen LogP contribution in [0.5, 0.6) is 0 Å². The molecule has 2 aliphatic heterocycles. The van der Waals surface area contributed by atoms with Crippen LogP contribution < -0.4 is 22.1 Å². The minimum absolute atomic E-state index is 0.0304. The molecule has 2 aromatic carbocycles. The second kappa shape index (κ2) is 12.3. The highest BCUT2D eigenvalue weighted by molar-refractivity contribution is 5.94. The summed E-state index contributed by atoms with van der Waals surface area (Å²) in [6.07, 6.45) is 4.01. The summed E-state index contributed by atoms with van der Waals surface area (Å²) in [4.78, 5) is 42.2. The van der Waals surface area contributed by atoms with Gasteiger partial charge in [-0.25, -0.2) is 0 Å². The van der Waals surface area contributed by atoms with E-state index in [2.05, 4.69) is 10.6 Å². The van der Waals surface area contributed by atoms with Crippen molar-refractivity contribution in [2.24, 2.45) is 17.4 Å². The summed E-state index contributed by atoms with van der Waals surface area (Å²) >= 11 is 0. The third-order valence-corrected chi connectivity index (χ3v) is 7.83. The van der Waals surface area contributed by atoms with Crippen LogP contribution in [0.2, 0.25) is 0 Å². The fraction of sp³-hybridized carbons (Fsp3) is 0.483. The van der Waals surface area contributed by atoms with Crippen LogP contribution in [0, 0.1) is 5.92 Å². The first-order valence-corrected chi connectivity index (χ1v) is 13.4. The van der Waals surface area contributed by atoms with Crippen molar-refractivity contribution in [3.05, 3.63) is 71.8 Å². The van der Waals surface area contributed by atoms with Crippen LogP contribution in [0.15, 0.2) is 60.7 Å². The van der Waals surface area contributed by atoms with Gasteiger partial charge in [-0.05, 0) is 62.1 Å². The molecule has 0 radical (unpaired) electrons. The van der Waals surface area contributed by atoms with E-state index < -0.39 is 18.1 Å². The lowest BCUT2D eigenvalue weighted by molar-refractivity contribution is -0.143. The molecule has 198 valence electrons. The molecule has 0 saturated carbocycles. The Bertz CT molecular complexity index is 1020. The number of nitrogens with one attached hydrogen (secondary N) is 2. The fourth-order valence-corrected chi connectivity index (χ4v) is 5.73. The summed E-state index contributed by atoms with van der Waals surface area (Å²) in [6.45, 7) is 2.26. The molecule has 0 aliphatic carbocycles. The van der Waals surface area contributed by atoms with Crippen molar-refractivity contribution in [3.8, 4) is 0 Å². The van der Waals surface area contributed by atoms with Crippen molar-refractivity contribution >= 4 is 17.7 Å². The third-order valence-electron chi connectivity index (χ3n) is 7.83. The Morgan fingerprint density at radius 2 is 1.57 bits per heavy atom. The van der Waals surface area contributed by atoms with E-state index in [-0.39, 0.29) is 35.7 Å². The van der Waals surface area contributed by atoms with Crippen LogP contribution in [0.4, 0.5) is 0 Å². The maximum atomic E-state index is 13.9. The van der Waals surface area contributed by atoms with Gasteiger partial charge >= 0.3 is 0 Å². The number of benzene rings is 2.